The molecule has 0 saturated carbocycles. The molecule has 1 aliphatic rings. The van der Waals surface area contributed by atoms with Crippen molar-refractivity contribution in [2.45, 2.75) is 6.54 Å². The lowest BCUT2D eigenvalue weighted by Gasteiger charge is -2.37. The van der Waals surface area contributed by atoms with Crippen molar-refractivity contribution < 1.29 is 9.53 Å². The van der Waals surface area contributed by atoms with Crippen molar-refractivity contribution in [3.63, 3.8) is 0 Å². The minimum Gasteiger partial charge on any atom is -0.496 e. The van der Waals surface area contributed by atoms with Gasteiger partial charge in [0.05, 0.1) is 7.11 Å². The molecule has 3 aromatic carbocycles. The van der Waals surface area contributed by atoms with Crippen LogP contribution in [-0.2, 0) is 6.54 Å². The number of nitrogens with one attached hydrogen (secondary N) is 1. The summed E-state index contributed by atoms with van der Waals surface area (Å²) in [5.74, 6) is 1.55. The molecule has 6 nitrogen and oxygen atoms in total. The number of carbonyl (C=O) groups excluding carboxylic acids is 1. The Hall–Kier alpha value is -3.77. The SMILES string of the molecule is COc1ccccc1CNC(=O)c1ccc2ccnc(N3CCN(c4ccc(Cl)cc4)CC3)c2c1. The molecule has 0 bridgehead atoms. The molecule has 1 N–H and O–H groups in total. The van der Waals surface area contributed by atoms with Gasteiger partial charge in [-0.05, 0) is 53.9 Å². The maximum Gasteiger partial charge on any atom is 0.251 e. The number of pyridine rings is 1. The van der Waals surface area contributed by atoms with E-state index in [2.05, 4.69) is 27.2 Å². The number of hydrogen-bond acceptors (Lipinski definition) is 5. The fourth-order valence-electron chi connectivity index (χ4n) is 4.50. The maximum atomic E-state index is 13.0. The molecule has 1 aromatic heterocycles. The Balaban J connectivity index is 1.32. The normalized spacial score (nSPS) is 13.7. The Kier molecular flexibility index (Phi) is 6.73. The molecule has 5 rings (SSSR count). The standard InChI is InChI=1S/C28H27ClN4O2/c1-35-26-5-3-2-4-22(26)19-31-28(34)21-7-6-20-12-13-30-27(25(20)18-21)33-16-14-32(15-17-33)24-10-8-23(29)9-11-24/h2-13,18H,14-17,19H2,1H3,(H,31,34). The van der Waals surface area contributed by atoms with Crippen molar-refractivity contribution in [1.82, 2.24) is 10.3 Å². The number of methoxy groups -OCH3 is 1. The topological polar surface area (TPSA) is 57.7 Å². The molecule has 2 heterocycles. The summed E-state index contributed by atoms with van der Waals surface area (Å²) in [5.41, 5.74) is 2.72. The first kappa shape index (κ1) is 23.0. The van der Waals surface area contributed by atoms with Crippen molar-refractivity contribution in [3.8, 4) is 5.75 Å². The number of fused-ring (bicyclic) bond motifs is 1. The zero-order valence-corrected chi connectivity index (χ0v) is 20.3. The summed E-state index contributed by atoms with van der Waals surface area (Å²) in [7, 11) is 1.63. The molecule has 1 amide bonds. The minimum atomic E-state index is -0.125. The second-order valence-electron chi connectivity index (χ2n) is 8.52. The van der Waals surface area contributed by atoms with Crippen LogP contribution in [0.1, 0.15) is 15.9 Å². The average Bonchev–Trinajstić information content (AvgIpc) is 2.92. The van der Waals surface area contributed by atoms with Crippen molar-refractivity contribution in [2.24, 2.45) is 0 Å². The second-order valence-corrected chi connectivity index (χ2v) is 8.95. The van der Waals surface area contributed by atoms with Gasteiger partial charge >= 0.3 is 0 Å². The summed E-state index contributed by atoms with van der Waals surface area (Å²) in [6, 6.07) is 23.4. The van der Waals surface area contributed by atoms with Crippen LogP contribution in [0.2, 0.25) is 5.02 Å². The van der Waals surface area contributed by atoms with Gasteiger partial charge < -0.3 is 19.9 Å². The quantitative estimate of drug-likeness (QED) is 0.408. The van der Waals surface area contributed by atoms with Crippen LogP contribution in [-0.4, -0.2) is 44.2 Å². The molecular weight excluding hydrogens is 460 g/mol. The van der Waals surface area contributed by atoms with Gasteiger partial charge in [0.1, 0.15) is 11.6 Å². The summed E-state index contributed by atoms with van der Waals surface area (Å²) >= 11 is 6.04. The average molecular weight is 487 g/mol. The van der Waals surface area contributed by atoms with Gasteiger partial charge in [0.15, 0.2) is 0 Å². The molecule has 178 valence electrons. The van der Waals surface area contributed by atoms with E-state index in [1.807, 2.05) is 66.9 Å². The predicted octanol–water partition coefficient (Wildman–Crippen LogP) is 5.15. The van der Waals surface area contributed by atoms with E-state index >= 15 is 0 Å². The third kappa shape index (κ3) is 5.03. The van der Waals surface area contributed by atoms with Crippen LogP contribution in [0.3, 0.4) is 0 Å². The van der Waals surface area contributed by atoms with E-state index in [1.54, 1.807) is 7.11 Å². The van der Waals surface area contributed by atoms with E-state index in [9.17, 15) is 4.79 Å². The Bertz CT molecular complexity index is 1330. The number of rotatable bonds is 6. The Morgan fingerprint density at radius 2 is 1.71 bits per heavy atom. The lowest BCUT2D eigenvalue weighted by Crippen LogP contribution is -2.46. The first-order valence-corrected chi connectivity index (χ1v) is 12.0. The smallest absolute Gasteiger partial charge is 0.251 e. The number of hydrogen-bond donors (Lipinski definition) is 1. The fraction of sp³-hybridized carbons (Fsp3) is 0.214. The van der Waals surface area contributed by atoms with Gasteiger partial charge in [0, 0.05) is 66.1 Å². The fourth-order valence-corrected chi connectivity index (χ4v) is 4.63. The first-order valence-electron chi connectivity index (χ1n) is 11.7. The summed E-state index contributed by atoms with van der Waals surface area (Å²) in [4.78, 5) is 22.3. The molecular formula is C28H27ClN4O2. The molecule has 4 aromatic rings. The molecule has 0 spiro atoms. The van der Waals surface area contributed by atoms with E-state index in [4.69, 9.17) is 21.3 Å². The summed E-state index contributed by atoms with van der Waals surface area (Å²) < 4.78 is 5.39. The highest BCUT2D eigenvalue weighted by Crippen LogP contribution is 2.28. The van der Waals surface area contributed by atoms with Gasteiger partial charge in [0.25, 0.3) is 5.91 Å². The van der Waals surface area contributed by atoms with E-state index in [1.165, 1.54) is 5.69 Å². The van der Waals surface area contributed by atoms with Crippen LogP contribution >= 0.6 is 11.6 Å². The van der Waals surface area contributed by atoms with E-state index in [0.717, 1.165) is 59.1 Å². The highest BCUT2D eigenvalue weighted by molar-refractivity contribution is 6.30. The summed E-state index contributed by atoms with van der Waals surface area (Å²) in [5, 5.41) is 5.81. The van der Waals surface area contributed by atoms with Crippen molar-refractivity contribution >= 4 is 39.8 Å². The minimum absolute atomic E-state index is 0.125. The summed E-state index contributed by atoms with van der Waals surface area (Å²) in [6.07, 6.45) is 1.84. The highest BCUT2D eigenvalue weighted by Gasteiger charge is 2.20. The molecule has 35 heavy (non-hydrogen) atoms. The molecule has 1 fully saturated rings. The summed E-state index contributed by atoms with van der Waals surface area (Å²) in [6.45, 7) is 3.86. The van der Waals surface area contributed by atoms with Crippen LogP contribution in [0.15, 0.2) is 79.0 Å². The number of benzene rings is 3. The van der Waals surface area contributed by atoms with Gasteiger partial charge in [-0.25, -0.2) is 4.98 Å². The van der Waals surface area contributed by atoms with Crippen LogP contribution in [0.5, 0.6) is 5.75 Å². The van der Waals surface area contributed by atoms with Gasteiger partial charge in [-0.1, -0.05) is 35.9 Å². The monoisotopic (exact) mass is 486 g/mol. The zero-order chi connectivity index (χ0) is 24.2. The number of piperazine rings is 1. The lowest BCUT2D eigenvalue weighted by molar-refractivity contribution is 0.0951. The lowest BCUT2D eigenvalue weighted by atomic mass is 10.1. The van der Waals surface area contributed by atoms with Gasteiger partial charge in [-0.2, -0.15) is 0 Å². The van der Waals surface area contributed by atoms with Crippen molar-refractivity contribution in [3.05, 3.63) is 95.1 Å². The van der Waals surface area contributed by atoms with E-state index < -0.39 is 0 Å². The van der Waals surface area contributed by atoms with Crippen LogP contribution < -0.4 is 19.9 Å². The second kappa shape index (κ2) is 10.2. The number of aromatic nitrogens is 1. The molecule has 1 aliphatic heterocycles. The molecule has 0 atom stereocenters. The third-order valence-corrected chi connectivity index (χ3v) is 6.66. The number of para-hydroxylation sites is 1. The zero-order valence-electron chi connectivity index (χ0n) is 19.6. The number of halogens is 1. The van der Waals surface area contributed by atoms with Crippen LogP contribution in [0.4, 0.5) is 11.5 Å². The maximum absolute atomic E-state index is 13.0. The highest BCUT2D eigenvalue weighted by atomic mass is 35.5. The van der Waals surface area contributed by atoms with Crippen LogP contribution in [0.25, 0.3) is 10.8 Å². The van der Waals surface area contributed by atoms with Gasteiger partial charge in [-0.3, -0.25) is 4.79 Å². The molecule has 1 saturated heterocycles. The molecule has 0 radical (unpaired) electrons. The Labute approximate surface area is 210 Å². The molecule has 7 heteroatoms. The molecule has 0 aliphatic carbocycles. The predicted molar refractivity (Wildman–Crippen MR) is 142 cm³/mol. The number of ether oxygens (including phenoxy) is 1. The number of carbonyl (C=O) groups is 1. The molecule has 0 unspecified atom stereocenters. The van der Waals surface area contributed by atoms with Gasteiger partial charge in [0.2, 0.25) is 0 Å². The van der Waals surface area contributed by atoms with E-state index in [0.29, 0.717) is 12.1 Å². The Morgan fingerprint density at radius 3 is 2.49 bits per heavy atom. The number of amides is 1. The van der Waals surface area contributed by atoms with Crippen molar-refractivity contribution in [1.29, 1.82) is 0 Å². The van der Waals surface area contributed by atoms with Crippen molar-refractivity contribution in [2.75, 3.05) is 43.1 Å². The Morgan fingerprint density at radius 1 is 0.971 bits per heavy atom. The first-order chi connectivity index (χ1) is 17.1. The number of nitrogens with zero attached hydrogens (tertiary/aromatic N) is 3. The van der Waals surface area contributed by atoms with E-state index in [-0.39, 0.29) is 5.91 Å². The van der Waals surface area contributed by atoms with Crippen LogP contribution in [0, 0.1) is 0 Å². The third-order valence-electron chi connectivity index (χ3n) is 6.41. The largest absolute Gasteiger partial charge is 0.496 e. The van der Waals surface area contributed by atoms with Gasteiger partial charge in [-0.15, -0.1) is 0 Å². The number of anilines is 2.